The minimum absolute atomic E-state index is 0.111. The normalized spacial score (nSPS) is 13.5. The van der Waals surface area contributed by atoms with Crippen LogP contribution in [0.1, 0.15) is 115 Å². The summed E-state index contributed by atoms with van der Waals surface area (Å²) in [5.74, 6) is 0. The summed E-state index contributed by atoms with van der Waals surface area (Å²) in [7, 11) is 1.75. The van der Waals surface area contributed by atoms with Crippen molar-refractivity contribution >= 4 is 30.4 Å². The Morgan fingerprint density at radius 2 is 1.05 bits per heavy atom. The third kappa shape index (κ3) is 25.7. The smallest absolute Gasteiger partial charge is 0.268 e. The van der Waals surface area contributed by atoms with E-state index >= 15 is 0 Å². The quantitative estimate of drug-likeness (QED) is 0.0380. The van der Waals surface area contributed by atoms with Crippen LogP contribution in [0.5, 0.6) is 0 Å². The lowest BCUT2D eigenvalue weighted by Crippen LogP contribution is -2.37. The van der Waals surface area contributed by atoms with E-state index in [2.05, 4.69) is 46.9 Å². The molecule has 0 amide bonds. The van der Waals surface area contributed by atoms with Crippen molar-refractivity contribution in [2.75, 3.05) is 54.1 Å². The molecule has 1 atom stereocenters. The molecule has 0 saturated heterocycles. The highest BCUT2D eigenvalue weighted by molar-refractivity contribution is 14.1. The molecule has 0 bridgehead atoms. The van der Waals surface area contributed by atoms with Crippen molar-refractivity contribution in [2.24, 2.45) is 0 Å². The first-order valence-corrected chi connectivity index (χ1v) is 18.4. The Kier molecular flexibility index (Phi) is 23.2. The predicted octanol–water partition coefficient (Wildman–Crippen LogP) is 8.69. The fourth-order valence-corrected chi connectivity index (χ4v) is 5.65. The first-order chi connectivity index (χ1) is 19.2. The Morgan fingerprint density at radius 3 is 1.55 bits per heavy atom. The first-order valence-electron chi connectivity index (χ1n) is 15.9. The summed E-state index contributed by atoms with van der Waals surface area (Å²) in [5.41, 5.74) is 1.48. The lowest BCUT2D eigenvalue weighted by atomic mass is 10.0. The number of ether oxygens (including phenoxy) is 1. The van der Waals surface area contributed by atoms with Crippen LogP contribution < -0.4 is 4.89 Å². The summed E-state index contributed by atoms with van der Waals surface area (Å²) in [4.78, 5) is 11.7. The van der Waals surface area contributed by atoms with E-state index in [0.717, 1.165) is 13.0 Å². The Labute approximate surface area is 260 Å². The number of likely N-dealkylation sites (N-methyl/N-ethyl adjacent to an activating group) is 1. The molecule has 0 heterocycles. The van der Waals surface area contributed by atoms with Crippen LogP contribution >= 0.6 is 30.4 Å². The molecule has 0 aromatic heterocycles. The van der Waals surface area contributed by atoms with E-state index < -0.39 is 7.82 Å². The predicted molar refractivity (Wildman–Crippen MR) is 175 cm³/mol. The largest absolute Gasteiger partial charge is 0.756 e. The second kappa shape index (κ2) is 24.4. The van der Waals surface area contributed by atoms with Crippen molar-refractivity contribution in [3.8, 4) is 0 Å². The molecule has 234 valence electrons. The highest BCUT2D eigenvalue weighted by Crippen LogP contribution is 2.38. The van der Waals surface area contributed by atoms with Crippen LogP contribution in [0.3, 0.4) is 0 Å². The molecule has 0 aliphatic heterocycles. The van der Waals surface area contributed by atoms with Gasteiger partial charge < -0.3 is 23.2 Å². The molecule has 0 radical (unpaired) electrons. The fraction of sp³-hybridized carbons (Fsp3) is 0.812. The number of rotatable bonds is 28. The third-order valence-electron chi connectivity index (χ3n) is 7.11. The van der Waals surface area contributed by atoms with Crippen LogP contribution in [0.2, 0.25) is 0 Å². The molecular weight excluding hydrogens is 634 g/mol. The molecule has 1 rings (SSSR count). The van der Waals surface area contributed by atoms with Gasteiger partial charge in [-0.05, 0) is 66.0 Å². The van der Waals surface area contributed by atoms with E-state index in [1.807, 2.05) is 21.1 Å². The molecule has 0 aliphatic rings. The topological polar surface area (TPSA) is 67.8 Å². The maximum Gasteiger partial charge on any atom is 0.268 e. The molecule has 1 unspecified atom stereocenters. The highest BCUT2D eigenvalue weighted by Gasteiger charge is 2.13. The molecular formula is C32H59INO5P. The van der Waals surface area contributed by atoms with Crippen molar-refractivity contribution < 1.29 is 27.7 Å². The standard InChI is InChI=1S/C32H59INO5P/c1-34(2,3)26-30-39-40(35,36)38-29-20-28-37-27-19-17-15-13-11-9-7-5-4-6-8-10-12-14-16-18-21-31-22-24-32(33)25-23-31/h22-25H,4-21,26-30H2,1-3H3/i33-2. The van der Waals surface area contributed by atoms with Gasteiger partial charge in [0.2, 0.25) is 0 Å². The lowest BCUT2D eigenvalue weighted by Gasteiger charge is -2.27. The van der Waals surface area contributed by atoms with Crippen LogP contribution in [0, 0.1) is 3.57 Å². The number of nitrogens with zero attached hydrogens (tertiary/aromatic N) is 1. The Bertz CT molecular complexity index is 757. The molecule has 1 aromatic carbocycles. The van der Waals surface area contributed by atoms with Crippen molar-refractivity contribution in [2.45, 2.75) is 116 Å². The van der Waals surface area contributed by atoms with E-state index in [-0.39, 0.29) is 13.2 Å². The Balaban J connectivity index is 1.72. The van der Waals surface area contributed by atoms with E-state index in [9.17, 15) is 9.46 Å². The Morgan fingerprint density at radius 1 is 0.625 bits per heavy atom. The van der Waals surface area contributed by atoms with E-state index in [1.54, 1.807) is 0 Å². The maximum atomic E-state index is 11.7. The van der Waals surface area contributed by atoms with Crippen molar-refractivity contribution in [3.63, 3.8) is 0 Å². The van der Waals surface area contributed by atoms with Gasteiger partial charge in [-0.2, -0.15) is 0 Å². The monoisotopic (exact) mass is 693 g/mol. The van der Waals surface area contributed by atoms with Crippen LogP contribution in [0.4, 0.5) is 0 Å². The van der Waals surface area contributed by atoms with Crippen LogP contribution in [0.15, 0.2) is 24.3 Å². The zero-order chi connectivity index (χ0) is 29.4. The lowest BCUT2D eigenvalue weighted by molar-refractivity contribution is -0.870. The molecule has 1 aromatic rings. The fourth-order valence-electron chi connectivity index (χ4n) is 4.56. The second-order valence-electron chi connectivity index (χ2n) is 12.1. The molecule has 0 spiro atoms. The SMILES string of the molecule is C[N+](C)(C)CCOP(=O)([O-])OCCCOCCCCCCCCCCCCCCCCCCc1ccc([125I])cc1. The van der Waals surface area contributed by atoms with Gasteiger partial charge in [0, 0.05) is 16.8 Å². The van der Waals surface area contributed by atoms with Crippen molar-refractivity contribution in [1.29, 1.82) is 0 Å². The van der Waals surface area contributed by atoms with Crippen LogP contribution in [0.25, 0.3) is 0 Å². The number of quaternary nitrogens is 1. The van der Waals surface area contributed by atoms with Gasteiger partial charge in [-0.25, -0.2) is 0 Å². The highest BCUT2D eigenvalue weighted by atomic mass is 125. The Hall–Kier alpha value is -0.0200. The van der Waals surface area contributed by atoms with Crippen molar-refractivity contribution in [3.05, 3.63) is 33.4 Å². The summed E-state index contributed by atoms with van der Waals surface area (Å²) in [5, 5.41) is 0. The molecule has 0 fully saturated rings. The van der Waals surface area contributed by atoms with Crippen molar-refractivity contribution in [1.82, 2.24) is 0 Å². The van der Waals surface area contributed by atoms with Gasteiger partial charge in [0.05, 0.1) is 27.7 Å². The van der Waals surface area contributed by atoms with Gasteiger partial charge >= 0.3 is 0 Å². The molecule has 0 N–H and O–H groups in total. The molecule has 40 heavy (non-hydrogen) atoms. The molecule has 0 aliphatic carbocycles. The third-order valence-corrected chi connectivity index (χ3v) is 8.83. The number of phosphoric ester groups is 1. The number of hydrogen-bond donors (Lipinski definition) is 0. The van der Waals surface area contributed by atoms with Gasteiger partial charge in [-0.1, -0.05) is 102 Å². The number of unbranched alkanes of at least 4 members (excludes halogenated alkanes) is 15. The summed E-state index contributed by atoms with van der Waals surface area (Å²) < 4.78 is 29.0. The maximum absolute atomic E-state index is 11.7. The van der Waals surface area contributed by atoms with E-state index in [1.165, 1.54) is 112 Å². The van der Waals surface area contributed by atoms with Crippen LogP contribution in [-0.4, -0.2) is 58.6 Å². The molecule has 0 saturated carbocycles. The van der Waals surface area contributed by atoms with E-state index in [4.69, 9.17) is 13.8 Å². The summed E-state index contributed by atoms with van der Waals surface area (Å²) >= 11 is 2.37. The summed E-state index contributed by atoms with van der Waals surface area (Å²) in [6.07, 6.45) is 23.3. The average Bonchev–Trinajstić information content (AvgIpc) is 2.89. The molecule has 6 nitrogen and oxygen atoms in total. The minimum Gasteiger partial charge on any atom is -0.756 e. The van der Waals surface area contributed by atoms with Gasteiger partial charge in [-0.3, -0.25) is 4.57 Å². The summed E-state index contributed by atoms with van der Waals surface area (Å²) in [6, 6.07) is 8.96. The van der Waals surface area contributed by atoms with Crippen LogP contribution in [-0.2, 0) is 24.8 Å². The van der Waals surface area contributed by atoms with Gasteiger partial charge in [0.25, 0.3) is 7.82 Å². The number of hydrogen-bond acceptors (Lipinski definition) is 5. The average molecular weight is 694 g/mol. The van der Waals surface area contributed by atoms with Gasteiger partial charge in [-0.15, -0.1) is 0 Å². The number of aryl methyl sites for hydroxylation is 1. The number of benzene rings is 1. The van der Waals surface area contributed by atoms with Gasteiger partial charge in [0.15, 0.2) is 0 Å². The van der Waals surface area contributed by atoms with E-state index in [0.29, 0.717) is 24.1 Å². The molecule has 8 heteroatoms. The first kappa shape index (κ1) is 38.0. The zero-order valence-electron chi connectivity index (χ0n) is 25.9. The summed E-state index contributed by atoms with van der Waals surface area (Å²) in [6.45, 7) is 2.11. The zero-order valence-corrected chi connectivity index (χ0v) is 28.9. The minimum atomic E-state index is -4.20. The number of phosphoric acid groups is 1. The number of halogens is 1. The second-order valence-corrected chi connectivity index (χ2v) is 14.8. The van der Waals surface area contributed by atoms with Gasteiger partial charge in [0.1, 0.15) is 13.2 Å².